The van der Waals surface area contributed by atoms with Crippen molar-refractivity contribution in [2.45, 2.75) is 160 Å². The second-order valence-electron chi connectivity index (χ2n) is 12.6. The molecule has 0 radical (unpaired) electrons. The number of aliphatic hydroxyl groups excluding tert-OH is 4. The Morgan fingerprint density at radius 1 is 0.673 bits per heavy atom. The molecule has 1 rings (SSSR count). The van der Waals surface area contributed by atoms with E-state index in [1.165, 1.54) is 25.7 Å². The molecule has 9 nitrogen and oxygen atoms in total. The summed E-state index contributed by atoms with van der Waals surface area (Å²) in [6.07, 6.45) is 31.1. The first-order valence-corrected chi connectivity index (χ1v) is 18.9. The van der Waals surface area contributed by atoms with Crippen LogP contribution in [0.15, 0.2) is 60.8 Å². The molecule has 0 spiro atoms. The highest BCUT2D eigenvalue weighted by atomic mass is 16.7. The van der Waals surface area contributed by atoms with E-state index in [1.54, 1.807) is 0 Å². The van der Waals surface area contributed by atoms with Crippen molar-refractivity contribution in [1.29, 1.82) is 0 Å². The Hall–Kier alpha value is -2.11. The second-order valence-corrected chi connectivity index (χ2v) is 12.6. The van der Waals surface area contributed by atoms with E-state index in [0.717, 1.165) is 70.6 Å². The summed E-state index contributed by atoms with van der Waals surface area (Å²) in [7, 11) is 0. The SMILES string of the molecule is CC/C=C\C/C=C\C/C=C\C/C=C\CCCCC(=O)OC(COCCCCCCCC/C=C\CCC)COC1OC(CO)C(O)C(O)C1O. The van der Waals surface area contributed by atoms with Gasteiger partial charge in [-0.1, -0.05) is 107 Å². The minimum absolute atomic E-state index is 0.120. The zero-order valence-corrected chi connectivity index (χ0v) is 30.4. The van der Waals surface area contributed by atoms with Crippen LogP contribution in [-0.2, 0) is 23.7 Å². The van der Waals surface area contributed by atoms with Crippen LogP contribution >= 0.6 is 0 Å². The van der Waals surface area contributed by atoms with E-state index in [9.17, 15) is 25.2 Å². The predicted octanol–water partition coefficient (Wildman–Crippen LogP) is 7.18. The molecule has 6 atom stereocenters. The van der Waals surface area contributed by atoms with Gasteiger partial charge in [-0.2, -0.15) is 0 Å². The van der Waals surface area contributed by atoms with E-state index in [1.807, 2.05) is 0 Å². The molecule has 0 bridgehead atoms. The molecular weight excluding hydrogens is 624 g/mol. The van der Waals surface area contributed by atoms with Gasteiger partial charge in [0.1, 0.15) is 30.5 Å². The maximum Gasteiger partial charge on any atom is 0.306 e. The molecule has 1 fully saturated rings. The average Bonchev–Trinajstić information content (AvgIpc) is 3.10. The molecule has 1 heterocycles. The Balaban J connectivity index is 2.39. The number of carbonyl (C=O) groups is 1. The lowest BCUT2D eigenvalue weighted by atomic mass is 9.99. The summed E-state index contributed by atoms with van der Waals surface area (Å²) in [6.45, 7) is 4.29. The molecule has 0 saturated carbocycles. The second kappa shape index (κ2) is 31.8. The van der Waals surface area contributed by atoms with Gasteiger partial charge < -0.3 is 39.4 Å². The molecule has 0 aromatic rings. The Labute approximate surface area is 296 Å². The van der Waals surface area contributed by atoms with Gasteiger partial charge in [-0.05, 0) is 70.6 Å². The van der Waals surface area contributed by atoms with Crippen molar-refractivity contribution in [3.05, 3.63) is 60.8 Å². The minimum atomic E-state index is -1.55. The molecule has 282 valence electrons. The van der Waals surface area contributed by atoms with Crippen LogP contribution in [0, 0.1) is 0 Å². The fraction of sp³-hybridized carbons (Fsp3) is 0.725. The third-order valence-corrected chi connectivity index (χ3v) is 8.15. The van der Waals surface area contributed by atoms with Gasteiger partial charge in [-0.25, -0.2) is 0 Å². The quantitative estimate of drug-likeness (QED) is 0.0351. The van der Waals surface area contributed by atoms with Crippen molar-refractivity contribution in [3.63, 3.8) is 0 Å². The van der Waals surface area contributed by atoms with Crippen molar-refractivity contribution in [3.8, 4) is 0 Å². The van der Waals surface area contributed by atoms with Gasteiger partial charge in [0, 0.05) is 13.0 Å². The van der Waals surface area contributed by atoms with Gasteiger partial charge in [-0.15, -0.1) is 0 Å². The van der Waals surface area contributed by atoms with E-state index in [4.69, 9.17) is 18.9 Å². The number of esters is 1. The van der Waals surface area contributed by atoms with Crippen molar-refractivity contribution in [2.75, 3.05) is 26.4 Å². The van der Waals surface area contributed by atoms with Crippen LogP contribution < -0.4 is 0 Å². The summed E-state index contributed by atoms with van der Waals surface area (Å²) in [5, 5.41) is 39.9. The molecule has 49 heavy (non-hydrogen) atoms. The summed E-state index contributed by atoms with van der Waals surface area (Å²) in [5.41, 5.74) is 0. The molecule has 1 aliphatic rings. The van der Waals surface area contributed by atoms with Crippen molar-refractivity contribution in [2.24, 2.45) is 0 Å². The zero-order chi connectivity index (χ0) is 35.8. The van der Waals surface area contributed by atoms with E-state index in [2.05, 4.69) is 74.6 Å². The smallest absolute Gasteiger partial charge is 0.306 e. The van der Waals surface area contributed by atoms with Crippen molar-refractivity contribution < 1.29 is 44.2 Å². The standard InChI is InChI=1S/C40H68O9/c1-3-5-7-9-11-13-15-16-17-18-19-21-23-25-27-29-36(42)48-34(33-47-40-39(45)38(44)37(43)35(31-41)49-40)32-46-30-28-26-24-22-20-14-12-10-8-6-4-2/h5,7-8,10-11,13,16-17,19,21,34-35,37-41,43-45H,3-4,6,9,12,14-15,18,20,22-33H2,1-2H3/b7-5-,10-8-,13-11-,17-16-,21-19-. The van der Waals surface area contributed by atoms with Crippen LogP contribution in [0.5, 0.6) is 0 Å². The first-order valence-electron chi connectivity index (χ1n) is 18.9. The highest BCUT2D eigenvalue weighted by Crippen LogP contribution is 2.22. The number of aliphatic hydroxyl groups is 4. The lowest BCUT2D eigenvalue weighted by Gasteiger charge is -2.39. The van der Waals surface area contributed by atoms with Gasteiger partial charge in [0.2, 0.25) is 0 Å². The van der Waals surface area contributed by atoms with Crippen LogP contribution in [0.25, 0.3) is 0 Å². The van der Waals surface area contributed by atoms with Gasteiger partial charge in [0.05, 0.1) is 19.8 Å². The molecule has 0 aromatic carbocycles. The number of ether oxygens (including phenoxy) is 4. The van der Waals surface area contributed by atoms with E-state index in [0.29, 0.717) is 13.0 Å². The number of rotatable bonds is 30. The van der Waals surface area contributed by atoms with Gasteiger partial charge in [0.15, 0.2) is 6.29 Å². The molecule has 1 saturated heterocycles. The molecule has 0 aromatic heterocycles. The Morgan fingerprint density at radius 2 is 1.24 bits per heavy atom. The fourth-order valence-electron chi connectivity index (χ4n) is 5.19. The lowest BCUT2D eigenvalue weighted by molar-refractivity contribution is -0.305. The van der Waals surface area contributed by atoms with E-state index < -0.39 is 43.4 Å². The fourth-order valence-corrected chi connectivity index (χ4v) is 5.19. The molecular formula is C40H68O9. The monoisotopic (exact) mass is 692 g/mol. The van der Waals surface area contributed by atoms with Crippen LogP contribution in [0.1, 0.15) is 123 Å². The molecule has 4 N–H and O–H groups in total. The van der Waals surface area contributed by atoms with Crippen molar-refractivity contribution in [1.82, 2.24) is 0 Å². The number of hydrogen-bond donors (Lipinski definition) is 4. The van der Waals surface area contributed by atoms with E-state index in [-0.39, 0.29) is 25.6 Å². The van der Waals surface area contributed by atoms with Crippen molar-refractivity contribution >= 4 is 5.97 Å². The first-order chi connectivity index (χ1) is 23.9. The van der Waals surface area contributed by atoms with Crippen LogP contribution in [0.4, 0.5) is 0 Å². The highest BCUT2D eigenvalue weighted by molar-refractivity contribution is 5.69. The summed E-state index contributed by atoms with van der Waals surface area (Å²) >= 11 is 0. The van der Waals surface area contributed by atoms with Crippen LogP contribution in [0.2, 0.25) is 0 Å². The Morgan fingerprint density at radius 3 is 1.90 bits per heavy atom. The Bertz CT molecular complexity index is 927. The summed E-state index contributed by atoms with van der Waals surface area (Å²) in [6, 6.07) is 0. The first kappa shape index (κ1) is 44.9. The molecule has 9 heteroatoms. The largest absolute Gasteiger partial charge is 0.457 e. The van der Waals surface area contributed by atoms with Crippen LogP contribution in [0.3, 0.4) is 0 Å². The number of unbranched alkanes of at least 4 members (excludes halogenated alkanes) is 9. The number of carbonyl (C=O) groups excluding carboxylic acids is 1. The summed E-state index contributed by atoms with van der Waals surface area (Å²) in [4.78, 5) is 12.7. The number of allylic oxidation sites excluding steroid dienone is 10. The van der Waals surface area contributed by atoms with E-state index >= 15 is 0 Å². The predicted molar refractivity (Wildman–Crippen MR) is 196 cm³/mol. The maximum absolute atomic E-state index is 12.7. The molecule has 1 aliphatic heterocycles. The Kier molecular flexibility index (Phi) is 29.2. The zero-order valence-electron chi connectivity index (χ0n) is 30.4. The topological polar surface area (TPSA) is 135 Å². The normalized spacial score (nSPS) is 22.4. The summed E-state index contributed by atoms with van der Waals surface area (Å²) in [5.74, 6) is -0.360. The average molecular weight is 693 g/mol. The van der Waals surface area contributed by atoms with Crippen LogP contribution in [-0.4, -0.2) is 89.6 Å². The summed E-state index contributed by atoms with van der Waals surface area (Å²) < 4.78 is 22.6. The molecule has 6 unspecified atom stereocenters. The third-order valence-electron chi connectivity index (χ3n) is 8.15. The number of hydrogen-bond acceptors (Lipinski definition) is 9. The van der Waals surface area contributed by atoms with Gasteiger partial charge in [0.25, 0.3) is 0 Å². The van der Waals surface area contributed by atoms with Gasteiger partial charge >= 0.3 is 5.97 Å². The maximum atomic E-state index is 12.7. The molecule has 0 amide bonds. The lowest BCUT2D eigenvalue weighted by Crippen LogP contribution is -2.59. The van der Waals surface area contributed by atoms with Gasteiger partial charge in [-0.3, -0.25) is 4.79 Å². The minimum Gasteiger partial charge on any atom is -0.457 e. The highest BCUT2D eigenvalue weighted by Gasteiger charge is 2.44. The third kappa shape index (κ3) is 23.8. The molecule has 0 aliphatic carbocycles.